The Balaban J connectivity index is 2.36. The zero-order valence-corrected chi connectivity index (χ0v) is 14.1. The quantitative estimate of drug-likeness (QED) is 0.907. The molecule has 0 aliphatic heterocycles. The van der Waals surface area contributed by atoms with Gasteiger partial charge in [-0.3, -0.25) is 4.79 Å². The maximum atomic E-state index is 12.6. The van der Waals surface area contributed by atoms with Gasteiger partial charge in [0.2, 0.25) is 0 Å². The lowest BCUT2D eigenvalue weighted by Gasteiger charge is -2.24. The molecule has 0 spiro atoms. The summed E-state index contributed by atoms with van der Waals surface area (Å²) in [6.07, 6.45) is 1.70. The molecule has 0 saturated carbocycles. The number of carbonyl (C=O) groups is 1. The highest BCUT2D eigenvalue weighted by Crippen LogP contribution is 2.34. The second kappa shape index (κ2) is 6.22. The molecule has 1 aromatic heterocycles. The molecular formula is C14H14Cl2N2O2S. The molecule has 1 amide bonds. The molecule has 0 fully saturated rings. The van der Waals surface area contributed by atoms with Crippen LogP contribution in [0.5, 0.6) is 5.75 Å². The highest BCUT2D eigenvalue weighted by molar-refractivity contribution is 7.09. The molecule has 1 aromatic carbocycles. The largest absolute Gasteiger partial charge is 0.494 e. The van der Waals surface area contributed by atoms with E-state index in [4.69, 9.17) is 27.9 Å². The van der Waals surface area contributed by atoms with Gasteiger partial charge in [0.1, 0.15) is 10.6 Å². The maximum Gasteiger partial charge on any atom is 0.257 e. The Bertz CT molecular complexity index is 657. The SMILES string of the molecule is COc1c(Cl)ccc(Cl)c1C(=O)NC(C)(C)c1nccs1. The molecule has 0 aliphatic rings. The Kier molecular flexibility index (Phi) is 4.76. The predicted octanol–water partition coefficient (Wildman–Crippen LogP) is 4.12. The molecule has 1 heterocycles. The summed E-state index contributed by atoms with van der Waals surface area (Å²) in [4.78, 5) is 16.8. The number of rotatable bonds is 4. The molecular weight excluding hydrogens is 331 g/mol. The van der Waals surface area contributed by atoms with Crippen molar-refractivity contribution in [2.75, 3.05) is 7.11 Å². The number of halogens is 2. The third kappa shape index (κ3) is 3.31. The van der Waals surface area contributed by atoms with E-state index in [2.05, 4.69) is 10.3 Å². The molecule has 2 rings (SSSR count). The average molecular weight is 345 g/mol. The fourth-order valence-electron chi connectivity index (χ4n) is 1.88. The predicted molar refractivity (Wildman–Crippen MR) is 85.6 cm³/mol. The standard InChI is InChI=1S/C14H14Cl2N2O2S/c1-14(2,13-17-6-7-21-13)18-12(19)10-8(15)4-5-9(16)11(10)20-3/h4-7H,1-3H3,(H,18,19). The highest BCUT2D eigenvalue weighted by atomic mass is 35.5. The Morgan fingerprint density at radius 3 is 2.57 bits per heavy atom. The van der Waals surface area contributed by atoms with Crippen molar-refractivity contribution in [3.8, 4) is 5.75 Å². The Hall–Kier alpha value is -1.30. The fourth-order valence-corrected chi connectivity index (χ4v) is 3.06. The van der Waals surface area contributed by atoms with Gasteiger partial charge in [0, 0.05) is 11.6 Å². The van der Waals surface area contributed by atoms with Crippen molar-refractivity contribution in [2.45, 2.75) is 19.4 Å². The van der Waals surface area contributed by atoms with Gasteiger partial charge in [0.25, 0.3) is 5.91 Å². The van der Waals surface area contributed by atoms with Crippen LogP contribution < -0.4 is 10.1 Å². The van der Waals surface area contributed by atoms with Crippen LogP contribution in [0.3, 0.4) is 0 Å². The first-order valence-corrected chi connectivity index (χ1v) is 7.75. The number of ether oxygens (including phenoxy) is 1. The lowest BCUT2D eigenvalue weighted by Crippen LogP contribution is -2.41. The van der Waals surface area contributed by atoms with Crippen LogP contribution in [-0.4, -0.2) is 18.0 Å². The number of thiazole rings is 1. The third-order valence-corrected chi connectivity index (χ3v) is 4.59. The van der Waals surface area contributed by atoms with Gasteiger partial charge in [-0.25, -0.2) is 4.98 Å². The van der Waals surface area contributed by atoms with E-state index in [1.165, 1.54) is 18.4 Å². The van der Waals surface area contributed by atoms with Crippen LogP contribution in [0.15, 0.2) is 23.7 Å². The van der Waals surface area contributed by atoms with Crippen molar-refractivity contribution in [3.63, 3.8) is 0 Å². The van der Waals surface area contributed by atoms with Crippen LogP contribution in [0.2, 0.25) is 10.0 Å². The highest BCUT2D eigenvalue weighted by Gasteiger charge is 2.29. The number of carbonyl (C=O) groups excluding carboxylic acids is 1. The molecule has 0 saturated heterocycles. The smallest absolute Gasteiger partial charge is 0.257 e. The lowest BCUT2D eigenvalue weighted by molar-refractivity contribution is 0.0909. The average Bonchev–Trinajstić information content (AvgIpc) is 2.95. The second-order valence-corrected chi connectivity index (χ2v) is 6.56. The number of hydrogen-bond acceptors (Lipinski definition) is 4. The van der Waals surface area contributed by atoms with Gasteiger partial charge in [0.15, 0.2) is 5.75 Å². The lowest BCUT2D eigenvalue weighted by atomic mass is 10.1. The summed E-state index contributed by atoms with van der Waals surface area (Å²) in [6.45, 7) is 3.74. The Morgan fingerprint density at radius 2 is 2.00 bits per heavy atom. The van der Waals surface area contributed by atoms with Crippen molar-refractivity contribution < 1.29 is 9.53 Å². The normalized spacial score (nSPS) is 11.3. The van der Waals surface area contributed by atoms with Gasteiger partial charge in [0.05, 0.1) is 22.7 Å². The Morgan fingerprint density at radius 1 is 1.33 bits per heavy atom. The van der Waals surface area contributed by atoms with Crippen LogP contribution in [0.25, 0.3) is 0 Å². The van der Waals surface area contributed by atoms with E-state index < -0.39 is 5.54 Å². The molecule has 2 aromatic rings. The summed E-state index contributed by atoms with van der Waals surface area (Å²) >= 11 is 13.6. The van der Waals surface area contributed by atoms with Crippen molar-refractivity contribution in [2.24, 2.45) is 0 Å². The van der Waals surface area contributed by atoms with E-state index in [-0.39, 0.29) is 22.2 Å². The molecule has 0 bridgehead atoms. The summed E-state index contributed by atoms with van der Waals surface area (Å²) in [5.74, 6) is -0.101. The molecule has 4 nitrogen and oxygen atoms in total. The minimum atomic E-state index is -0.623. The number of methoxy groups -OCH3 is 1. The zero-order chi connectivity index (χ0) is 15.6. The van der Waals surface area contributed by atoms with Gasteiger partial charge in [-0.15, -0.1) is 11.3 Å². The summed E-state index contributed by atoms with van der Waals surface area (Å²) in [7, 11) is 1.44. The van der Waals surface area contributed by atoms with Gasteiger partial charge < -0.3 is 10.1 Å². The first kappa shape index (κ1) is 16.1. The second-order valence-electron chi connectivity index (χ2n) is 4.85. The van der Waals surface area contributed by atoms with Gasteiger partial charge in [-0.2, -0.15) is 0 Å². The van der Waals surface area contributed by atoms with Gasteiger partial charge in [-0.1, -0.05) is 23.2 Å². The summed E-state index contributed by atoms with van der Waals surface area (Å²) < 4.78 is 5.19. The first-order valence-electron chi connectivity index (χ1n) is 6.11. The molecule has 0 aliphatic carbocycles. The number of amides is 1. The Labute approximate surface area is 137 Å². The van der Waals surface area contributed by atoms with E-state index in [0.717, 1.165) is 5.01 Å². The molecule has 0 unspecified atom stereocenters. The topological polar surface area (TPSA) is 51.2 Å². The minimum Gasteiger partial charge on any atom is -0.494 e. The monoisotopic (exact) mass is 344 g/mol. The molecule has 112 valence electrons. The van der Waals surface area contributed by atoms with Gasteiger partial charge >= 0.3 is 0 Å². The number of hydrogen-bond donors (Lipinski definition) is 1. The van der Waals surface area contributed by atoms with E-state index in [0.29, 0.717) is 5.02 Å². The summed E-state index contributed by atoms with van der Waals surface area (Å²) in [5, 5.41) is 6.17. The zero-order valence-electron chi connectivity index (χ0n) is 11.7. The van der Waals surface area contributed by atoms with Crippen molar-refractivity contribution in [1.82, 2.24) is 10.3 Å². The maximum absolute atomic E-state index is 12.6. The van der Waals surface area contributed by atoms with Gasteiger partial charge in [-0.05, 0) is 26.0 Å². The van der Waals surface area contributed by atoms with Crippen LogP contribution in [0.1, 0.15) is 29.2 Å². The van der Waals surface area contributed by atoms with Crippen molar-refractivity contribution in [1.29, 1.82) is 0 Å². The number of nitrogens with one attached hydrogen (secondary N) is 1. The number of aromatic nitrogens is 1. The van der Waals surface area contributed by atoms with Crippen LogP contribution in [0, 0.1) is 0 Å². The van der Waals surface area contributed by atoms with Crippen LogP contribution in [0.4, 0.5) is 0 Å². The fraction of sp³-hybridized carbons (Fsp3) is 0.286. The molecule has 0 atom stereocenters. The van der Waals surface area contributed by atoms with Crippen molar-refractivity contribution in [3.05, 3.63) is 44.3 Å². The van der Waals surface area contributed by atoms with Crippen LogP contribution in [-0.2, 0) is 5.54 Å². The summed E-state index contributed by atoms with van der Waals surface area (Å²) in [6, 6.07) is 3.16. The van der Waals surface area contributed by atoms with E-state index in [1.54, 1.807) is 18.3 Å². The van der Waals surface area contributed by atoms with E-state index >= 15 is 0 Å². The number of nitrogens with zero attached hydrogens (tertiary/aromatic N) is 1. The van der Waals surface area contributed by atoms with E-state index in [1.807, 2.05) is 19.2 Å². The summed E-state index contributed by atoms with van der Waals surface area (Å²) in [5.41, 5.74) is -0.404. The first-order chi connectivity index (χ1) is 9.86. The third-order valence-electron chi connectivity index (χ3n) is 2.88. The van der Waals surface area contributed by atoms with E-state index in [9.17, 15) is 4.79 Å². The minimum absolute atomic E-state index is 0.219. The van der Waals surface area contributed by atoms with Crippen LogP contribution >= 0.6 is 34.5 Å². The molecule has 0 radical (unpaired) electrons. The number of benzene rings is 1. The van der Waals surface area contributed by atoms with Crippen molar-refractivity contribution >= 4 is 40.4 Å². The molecule has 1 N–H and O–H groups in total. The molecule has 7 heteroatoms. The molecule has 21 heavy (non-hydrogen) atoms.